The molecule has 0 saturated carbocycles. The third-order valence-electron chi connectivity index (χ3n) is 4.39. The highest BCUT2D eigenvalue weighted by atomic mass is 32.1. The second-order valence-electron chi connectivity index (χ2n) is 5.98. The van der Waals surface area contributed by atoms with Crippen molar-refractivity contribution in [2.24, 2.45) is 0 Å². The molecule has 1 atom stereocenters. The van der Waals surface area contributed by atoms with E-state index >= 15 is 0 Å². The molecule has 0 fully saturated rings. The summed E-state index contributed by atoms with van der Waals surface area (Å²) in [5.41, 5.74) is 2.28. The molecule has 1 aliphatic rings. The maximum Gasteiger partial charge on any atom is 0.326 e. The van der Waals surface area contributed by atoms with E-state index < -0.39 is 12.0 Å². The number of hydrogen-bond acceptors (Lipinski definition) is 5. The van der Waals surface area contributed by atoms with Crippen molar-refractivity contribution in [1.82, 2.24) is 9.97 Å². The lowest BCUT2D eigenvalue weighted by molar-refractivity contribution is -0.137. The largest absolute Gasteiger partial charge is 0.480 e. The Morgan fingerprint density at radius 3 is 2.88 bits per heavy atom. The van der Waals surface area contributed by atoms with Gasteiger partial charge in [-0.1, -0.05) is 30.3 Å². The van der Waals surface area contributed by atoms with E-state index in [2.05, 4.69) is 15.3 Å². The molecule has 1 aliphatic carbocycles. The summed E-state index contributed by atoms with van der Waals surface area (Å²) in [6.07, 6.45) is 5.18. The Balaban J connectivity index is 1.68. The molecule has 0 aliphatic heterocycles. The predicted octanol–water partition coefficient (Wildman–Crippen LogP) is 3.29. The number of anilines is 1. The third-order valence-corrected chi connectivity index (χ3v) is 5.59. The highest BCUT2D eigenvalue weighted by molar-refractivity contribution is 7.19. The second kappa shape index (κ2) is 6.20. The van der Waals surface area contributed by atoms with Crippen molar-refractivity contribution in [1.29, 1.82) is 0 Å². The van der Waals surface area contributed by atoms with Crippen molar-refractivity contribution in [3.63, 3.8) is 0 Å². The van der Waals surface area contributed by atoms with E-state index in [1.54, 1.807) is 11.3 Å². The first-order valence-corrected chi connectivity index (χ1v) is 8.82. The lowest BCUT2D eigenvalue weighted by Gasteiger charge is -2.16. The van der Waals surface area contributed by atoms with Crippen molar-refractivity contribution in [2.45, 2.75) is 31.7 Å². The fourth-order valence-corrected chi connectivity index (χ4v) is 4.48. The zero-order valence-electron chi connectivity index (χ0n) is 13.0. The van der Waals surface area contributed by atoms with E-state index in [-0.39, 0.29) is 0 Å². The summed E-state index contributed by atoms with van der Waals surface area (Å²) < 4.78 is 0. The molecule has 0 bridgehead atoms. The van der Waals surface area contributed by atoms with E-state index in [1.807, 2.05) is 30.3 Å². The molecule has 3 aromatic rings. The molecule has 0 amide bonds. The van der Waals surface area contributed by atoms with Crippen LogP contribution in [0.1, 0.15) is 22.4 Å². The number of thiophene rings is 1. The summed E-state index contributed by atoms with van der Waals surface area (Å²) in [4.78, 5) is 22.7. The predicted molar refractivity (Wildman–Crippen MR) is 94.6 cm³/mol. The van der Waals surface area contributed by atoms with Gasteiger partial charge in [-0.15, -0.1) is 11.3 Å². The van der Waals surface area contributed by atoms with Gasteiger partial charge in [0.1, 0.15) is 23.0 Å². The highest BCUT2D eigenvalue weighted by Gasteiger charge is 2.24. The third kappa shape index (κ3) is 2.73. The van der Waals surface area contributed by atoms with E-state index in [9.17, 15) is 9.90 Å². The quantitative estimate of drug-likeness (QED) is 0.746. The first kappa shape index (κ1) is 15.1. The molecule has 4 rings (SSSR count). The summed E-state index contributed by atoms with van der Waals surface area (Å²) in [7, 11) is 0. The first-order chi connectivity index (χ1) is 11.7. The number of nitrogens with one attached hydrogen (secondary N) is 1. The molecular weight excluding hydrogens is 322 g/mol. The Morgan fingerprint density at radius 1 is 1.25 bits per heavy atom. The van der Waals surface area contributed by atoms with Crippen molar-refractivity contribution in [3.8, 4) is 0 Å². The Bertz CT molecular complexity index is 892. The van der Waals surface area contributed by atoms with E-state index in [4.69, 9.17) is 0 Å². The topological polar surface area (TPSA) is 75.1 Å². The molecular formula is C18H17N3O2S. The van der Waals surface area contributed by atoms with Gasteiger partial charge in [-0.3, -0.25) is 0 Å². The number of fused-ring (bicyclic) bond motifs is 3. The van der Waals surface area contributed by atoms with Crippen LogP contribution in [0, 0.1) is 0 Å². The molecule has 24 heavy (non-hydrogen) atoms. The molecule has 6 heteroatoms. The number of aliphatic carboxylic acids is 1. The van der Waals surface area contributed by atoms with Gasteiger partial charge in [0, 0.05) is 11.3 Å². The molecule has 0 saturated heterocycles. The Labute approximate surface area is 143 Å². The number of aryl methyl sites for hydroxylation is 2. The lowest BCUT2D eigenvalue weighted by Crippen LogP contribution is -2.32. The van der Waals surface area contributed by atoms with Crippen molar-refractivity contribution in [2.75, 3.05) is 5.32 Å². The minimum absolute atomic E-state index is 0.411. The molecule has 122 valence electrons. The van der Waals surface area contributed by atoms with Crippen LogP contribution < -0.4 is 5.32 Å². The van der Waals surface area contributed by atoms with Crippen molar-refractivity contribution >= 4 is 33.3 Å². The maximum absolute atomic E-state index is 11.7. The zero-order chi connectivity index (χ0) is 16.5. The van der Waals surface area contributed by atoms with Crippen LogP contribution in [-0.4, -0.2) is 27.1 Å². The van der Waals surface area contributed by atoms with Crippen LogP contribution in [0.3, 0.4) is 0 Å². The van der Waals surface area contributed by atoms with Gasteiger partial charge < -0.3 is 10.4 Å². The van der Waals surface area contributed by atoms with Gasteiger partial charge in [0.05, 0.1) is 5.39 Å². The summed E-state index contributed by atoms with van der Waals surface area (Å²) in [5, 5.41) is 13.8. The first-order valence-electron chi connectivity index (χ1n) is 8.01. The number of aromatic nitrogens is 2. The van der Waals surface area contributed by atoms with Crippen LogP contribution in [-0.2, 0) is 24.1 Å². The van der Waals surface area contributed by atoms with Crippen LogP contribution in [0.15, 0.2) is 36.7 Å². The molecule has 5 nitrogen and oxygen atoms in total. The van der Waals surface area contributed by atoms with Crippen LogP contribution in [0.4, 0.5) is 5.82 Å². The number of carboxylic acids is 1. The van der Waals surface area contributed by atoms with Gasteiger partial charge >= 0.3 is 5.97 Å². The number of carbonyl (C=O) groups is 1. The summed E-state index contributed by atoms with van der Waals surface area (Å²) in [6, 6.07) is 8.92. The minimum atomic E-state index is -0.877. The smallest absolute Gasteiger partial charge is 0.326 e. The standard InChI is InChI=1S/C18H17N3O2S/c22-18(23)13(9-11-5-2-1-3-6-11)21-16-15-12-7-4-8-14(12)24-17(15)20-10-19-16/h1-3,5-6,10,13H,4,7-9H2,(H,22,23)(H,19,20,21)/t13-/m0/s1. The molecule has 2 heterocycles. The van der Waals surface area contributed by atoms with Gasteiger partial charge in [0.2, 0.25) is 0 Å². The van der Waals surface area contributed by atoms with Gasteiger partial charge in [0.15, 0.2) is 0 Å². The summed E-state index contributed by atoms with van der Waals surface area (Å²) >= 11 is 1.70. The van der Waals surface area contributed by atoms with Crippen molar-refractivity contribution in [3.05, 3.63) is 52.7 Å². The van der Waals surface area contributed by atoms with Crippen molar-refractivity contribution < 1.29 is 9.90 Å². The molecule has 0 radical (unpaired) electrons. The Morgan fingerprint density at radius 2 is 2.08 bits per heavy atom. The van der Waals surface area contributed by atoms with Crippen LogP contribution >= 0.6 is 11.3 Å². The second-order valence-corrected chi connectivity index (χ2v) is 7.07. The Hall–Kier alpha value is -2.47. The zero-order valence-corrected chi connectivity index (χ0v) is 13.8. The molecule has 2 aromatic heterocycles. The average molecular weight is 339 g/mol. The lowest BCUT2D eigenvalue weighted by atomic mass is 10.1. The summed E-state index contributed by atoms with van der Waals surface area (Å²) in [6.45, 7) is 0. The SMILES string of the molecule is O=C(O)[C@H](Cc1ccccc1)Nc1ncnc2sc3c(c12)CCC3. The number of hydrogen-bond donors (Lipinski definition) is 2. The van der Waals surface area contributed by atoms with E-state index in [1.165, 1.54) is 16.8 Å². The fourth-order valence-electron chi connectivity index (χ4n) is 3.25. The summed E-state index contributed by atoms with van der Waals surface area (Å²) in [5.74, 6) is -0.236. The maximum atomic E-state index is 11.7. The highest BCUT2D eigenvalue weighted by Crippen LogP contribution is 2.39. The number of nitrogens with zero attached hydrogens (tertiary/aromatic N) is 2. The van der Waals surface area contributed by atoms with Gasteiger partial charge in [-0.25, -0.2) is 14.8 Å². The minimum Gasteiger partial charge on any atom is -0.480 e. The van der Waals surface area contributed by atoms with Gasteiger partial charge in [-0.2, -0.15) is 0 Å². The number of benzene rings is 1. The molecule has 0 unspecified atom stereocenters. The number of carboxylic acid groups (broad SMARTS) is 1. The monoisotopic (exact) mass is 339 g/mol. The normalized spacial score (nSPS) is 14.5. The van der Waals surface area contributed by atoms with E-state index in [0.29, 0.717) is 12.2 Å². The molecule has 1 aromatic carbocycles. The molecule has 2 N–H and O–H groups in total. The van der Waals surface area contributed by atoms with Gasteiger partial charge in [0.25, 0.3) is 0 Å². The van der Waals surface area contributed by atoms with E-state index in [0.717, 1.165) is 35.0 Å². The number of rotatable bonds is 5. The molecule has 0 spiro atoms. The average Bonchev–Trinajstić information content (AvgIpc) is 3.16. The fraction of sp³-hybridized carbons (Fsp3) is 0.278. The van der Waals surface area contributed by atoms with Crippen LogP contribution in [0.5, 0.6) is 0 Å². The van der Waals surface area contributed by atoms with Gasteiger partial charge in [-0.05, 0) is 30.4 Å². The Kier molecular flexibility index (Phi) is 3.90. The van der Waals surface area contributed by atoms with Crippen LogP contribution in [0.2, 0.25) is 0 Å². The van der Waals surface area contributed by atoms with Crippen LogP contribution in [0.25, 0.3) is 10.2 Å².